The van der Waals surface area contributed by atoms with E-state index in [0.29, 0.717) is 0 Å². The highest BCUT2D eigenvalue weighted by molar-refractivity contribution is 8.04. The minimum absolute atomic E-state index is 0.0781. The lowest BCUT2D eigenvalue weighted by Gasteiger charge is -2.23. The Bertz CT molecular complexity index is 518. The highest BCUT2D eigenvalue weighted by atomic mass is 32.2. The van der Waals surface area contributed by atoms with Crippen LogP contribution < -0.4 is 5.32 Å². The fraction of sp³-hybridized carbons (Fsp3) is 0.765. The minimum atomic E-state index is -2.52. The van der Waals surface area contributed by atoms with Gasteiger partial charge in [-0.25, -0.2) is 9.59 Å². The van der Waals surface area contributed by atoms with Gasteiger partial charge < -0.3 is 19.9 Å². The number of unbranched alkanes of at least 4 members (excludes halogenated alkanes) is 1. The summed E-state index contributed by atoms with van der Waals surface area (Å²) in [6.45, 7) is 7.39. The Balaban J connectivity index is 4.89. The maximum Gasteiger partial charge on any atom is 0.408 e. The van der Waals surface area contributed by atoms with Crippen molar-refractivity contribution >= 4 is 22.0 Å². The summed E-state index contributed by atoms with van der Waals surface area (Å²) < 4.78 is 22.0. The number of allylic oxidation sites excluding steroid dienone is 1. The van der Waals surface area contributed by atoms with Gasteiger partial charge in [-0.2, -0.15) is 0 Å². The van der Waals surface area contributed by atoms with E-state index in [9.17, 15) is 18.9 Å². The van der Waals surface area contributed by atoms with Gasteiger partial charge >= 0.3 is 12.1 Å². The number of carbonyl (C=O) groups is 2. The van der Waals surface area contributed by atoms with Crippen molar-refractivity contribution in [3.8, 4) is 0 Å². The van der Waals surface area contributed by atoms with Gasteiger partial charge in [-0.1, -0.05) is 23.3 Å². The molecule has 7 nitrogen and oxygen atoms in total. The Morgan fingerprint density at radius 3 is 2.36 bits per heavy atom. The van der Waals surface area contributed by atoms with Crippen molar-refractivity contribution in [3.05, 3.63) is 11.2 Å². The third-order valence-electron chi connectivity index (χ3n) is 2.87. The van der Waals surface area contributed by atoms with Crippen LogP contribution in [0.5, 0.6) is 0 Å². The van der Waals surface area contributed by atoms with Gasteiger partial charge in [0.25, 0.3) is 0 Å². The highest BCUT2D eigenvalue weighted by Gasteiger charge is 2.25. The molecule has 0 aliphatic carbocycles. The lowest BCUT2D eigenvalue weighted by molar-refractivity contribution is -0.146. The molecular weight excluding hydrogens is 346 g/mol. The number of alkyl carbamates (subject to hydrolysis) is 1. The van der Waals surface area contributed by atoms with Gasteiger partial charge in [0, 0.05) is 11.8 Å². The lowest BCUT2D eigenvalue weighted by Crippen LogP contribution is -2.44. The predicted molar refractivity (Wildman–Crippen MR) is 100 cm³/mol. The van der Waals surface area contributed by atoms with E-state index in [4.69, 9.17) is 9.47 Å². The zero-order valence-corrected chi connectivity index (χ0v) is 17.0. The Labute approximate surface area is 151 Å². The maximum atomic E-state index is 12.2. The number of carbonyl (C=O) groups excluding carboxylic acids is 2. The number of aliphatic hydroxyl groups excluding tert-OH is 1. The van der Waals surface area contributed by atoms with E-state index in [-0.39, 0.29) is 25.2 Å². The van der Waals surface area contributed by atoms with E-state index >= 15 is 0 Å². The summed E-state index contributed by atoms with van der Waals surface area (Å²) in [6, 6.07) is -0.949. The number of ether oxygens (including phenoxy) is 2. The molecule has 0 radical (unpaired) electrons. The van der Waals surface area contributed by atoms with Gasteiger partial charge in [-0.15, -0.1) is 0 Å². The molecular formula is C17H33NO6S. The first kappa shape index (κ1) is 23.4. The topological polar surface area (TPSA) is 102 Å². The fourth-order valence-electron chi connectivity index (χ4n) is 1.83. The molecule has 0 aromatic rings. The summed E-state index contributed by atoms with van der Waals surface area (Å²) in [5.41, 5.74) is -0.695. The molecule has 1 amide bonds. The van der Waals surface area contributed by atoms with Crippen LogP contribution in [0.1, 0.15) is 53.4 Å². The van der Waals surface area contributed by atoms with E-state index in [1.54, 1.807) is 20.8 Å². The van der Waals surface area contributed by atoms with Crippen molar-refractivity contribution in [1.29, 1.82) is 0 Å². The van der Waals surface area contributed by atoms with Crippen molar-refractivity contribution < 1.29 is 28.4 Å². The van der Waals surface area contributed by atoms with E-state index in [1.807, 2.05) is 6.92 Å². The van der Waals surface area contributed by atoms with Gasteiger partial charge in [0.15, 0.2) is 0 Å². The molecule has 8 heteroatoms. The molecule has 2 N–H and O–H groups in total. The van der Waals surface area contributed by atoms with Crippen molar-refractivity contribution in [2.24, 2.45) is 0 Å². The molecule has 1 atom stereocenters. The summed E-state index contributed by atoms with van der Waals surface area (Å²) >= 11 is 0. The molecule has 0 aromatic heterocycles. The first-order valence-corrected chi connectivity index (χ1v) is 11.1. The second-order valence-electron chi connectivity index (χ2n) is 7.31. The molecule has 25 heavy (non-hydrogen) atoms. The molecule has 0 unspecified atom stereocenters. The predicted octanol–water partition coefficient (Wildman–Crippen LogP) is 2.68. The maximum absolute atomic E-state index is 12.2. The number of hydrogen-bond donors (Lipinski definition) is 3. The average Bonchev–Trinajstić information content (AvgIpc) is 2.39. The molecule has 0 rings (SSSR count). The molecule has 0 aromatic carbocycles. The van der Waals surface area contributed by atoms with E-state index < -0.39 is 33.6 Å². The van der Waals surface area contributed by atoms with Gasteiger partial charge in [-0.05, 0) is 46.1 Å². The van der Waals surface area contributed by atoms with Crippen LogP contribution in [0.15, 0.2) is 11.2 Å². The van der Waals surface area contributed by atoms with Crippen LogP contribution in [0.3, 0.4) is 0 Å². The van der Waals surface area contributed by atoms with Gasteiger partial charge in [-0.3, -0.25) is 4.21 Å². The monoisotopic (exact) mass is 379 g/mol. The zero-order chi connectivity index (χ0) is 19.7. The number of hydrogen-bond acceptors (Lipinski definition) is 6. The number of aliphatic hydroxyl groups is 1. The molecule has 0 bridgehead atoms. The van der Waals surface area contributed by atoms with Gasteiger partial charge in [0.2, 0.25) is 0 Å². The SMILES string of the molecule is CCCCOC(=O)[C@H](CC/C(O)=C/[SH](C)(C)=O)NC(=O)OC(C)(C)C. The first-order valence-electron chi connectivity index (χ1n) is 8.45. The van der Waals surface area contributed by atoms with Gasteiger partial charge in [0.1, 0.15) is 11.6 Å². The average molecular weight is 380 g/mol. The first-order chi connectivity index (χ1) is 11.3. The summed E-state index contributed by atoms with van der Waals surface area (Å²) in [5.74, 6) is -0.658. The van der Waals surface area contributed by atoms with Crippen LogP contribution in [0.2, 0.25) is 0 Å². The zero-order valence-electron chi connectivity index (χ0n) is 16.1. The summed E-state index contributed by atoms with van der Waals surface area (Å²) in [5, 5.41) is 13.6. The van der Waals surface area contributed by atoms with Crippen LogP contribution in [0.25, 0.3) is 0 Å². The molecule has 0 heterocycles. The number of amides is 1. The molecule has 0 aliphatic rings. The Morgan fingerprint density at radius 2 is 1.88 bits per heavy atom. The normalized spacial score (nSPS) is 14.6. The van der Waals surface area contributed by atoms with Crippen molar-refractivity contribution in [1.82, 2.24) is 5.32 Å². The van der Waals surface area contributed by atoms with Crippen LogP contribution >= 0.6 is 0 Å². The summed E-state index contributed by atoms with van der Waals surface area (Å²) in [6.07, 6.45) is 4.14. The van der Waals surface area contributed by atoms with Crippen LogP contribution in [-0.2, 0) is 24.2 Å². The second kappa shape index (κ2) is 10.4. The van der Waals surface area contributed by atoms with Crippen LogP contribution in [0, 0.1) is 0 Å². The van der Waals surface area contributed by atoms with Crippen LogP contribution in [0.4, 0.5) is 4.79 Å². The van der Waals surface area contributed by atoms with Crippen molar-refractivity contribution in [2.45, 2.75) is 65.0 Å². The lowest BCUT2D eigenvalue weighted by atomic mass is 10.1. The van der Waals surface area contributed by atoms with E-state index in [0.717, 1.165) is 12.8 Å². The quantitative estimate of drug-likeness (QED) is 0.246. The van der Waals surface area contributed by atoms with Crippen molar-refractivity contribution in [2.75, 3.05) is 19.1 Å². The van der Waals surface area contributed by atoms with E-state index in [1.165, 1.54) is 17.9 Å². The third-order valence-corrected chi connectivity index (χ3v) is 3.79. The number of thiol groups is 1. The Morgan fingerprint density at radius 1 is 1.28 bits per heavy atom. The number of nitrogens with one attached hydrogen (secondary N) is 1. The molecule has 0 saturated carbocycles. The smallest absolute Gasteiger partial charge is 0.408 e. The highest BCUT2D eigenvalue weighted by Crippen LogP contribution is 2.12. The molecule has 0 fully saturated rings. The van der Waals surface area contributed by atoms with E-state index in [2.05, 4.69) is 5.32 Å². The van der Waals surface area contributed by atoms with Gasteiger partial charge in [0.05, 0.1) is 12.4 Å². The largest absolute Gasteiger partial charge is 0.512 e. The molecule has 0 spiro atoms. The number of esters is 1. The summed E-state index contributed by atoms with van der Waals surface area (Å²) in [7, 11) is -2.52. The van der Waals surface area contributed by atoms with Crippen molar-refractivity contribution in [3.63, 3.8) is 0 Å². The standard InChI is InChI=1S/C17H33NO6S/c1-7-8-11-23-15(20)14(18-16(21)24-17(2,3)4)10-9-13(19)12-25(5,6)22/h12,14,19,25H,7-11H2,1-6H3,(H,18,21)/b13-12-/t14-/m0/s1. The third kappa shape index (κ3) is 13.4. The Kier molecular flexibility index (Phi) is 9.77. The fourth-order valence-corrected chi connectivity index (χ4v) is 2.68. The molecule has 0 aliphatic heterocycles. The van der Waals surface area contributed by atoms with Crippen LogP contribution in [-0.4, -0.2) is 52.1 Å². The minimum Gasteiger partial charge on any atom is -0.512 e. The Hall–Kier alpha value is -1.57. The molecule has 0 saturated heterocycles. The summed E-state index contributed by atoms with van der Waals surface area (Å²) in [4.78, 5) is 24.1. The molecule has 148 valence electrons. The second-order valence-corrected chi connectivity index (χ2v) is 10.4. The number of rotatable bonds is 9.